The second-order valence-electron chi connectivity index (χ2n) is 5.12. The van der Waals surface area contributed by atoms with Crippen LogP contribution in [0.5, 0.6) is 11.5 Å². The van der Waals surface area contributed by atoms with E-state index in [0.717, 1.165) is 12.8 Å². The smallest absolute Gasteiger partial charge is 0.387 e. The van der Waals surface area contributed by atoms with Gasteiger partial charge in [-0.1, -0.05) is 0 Å². The van der Waals surface area contributed by atoms with Crippen molar-refractivity contribution in [2.24, 2.45) is 0 Å². The zero-order chi connectivity index (χ0) is 16.1. The van der Waals surface area contributed by atoms with Crippen LogP contribution in [0.2, 0.25) is 0 Å². The zero-order valence-electron chi connectivity index (χ0n) is 12.6. The molecule has 0 spiro atoms. The monoisotopic (exact) mass is 314 g/mol. The lowest BCUT2D eigenvalue weighted by molar-refractivity contribution is -0.0512. The quantitative estimate of drug-likeness (QED) is 0.904. The highest BCUT2D eigenvalue weighted by molar-refractivity contribution is 5.95. The van der Waals surface area contributed by atoms with E-state index in [1.165, 1.54) is 25.3 Å². The number of piperidine rings is 1. The Labute approximate surface area is 128 Å². The Hall–Kier alpha value is -1.89. The van der Waals surface area contributed by atoms with Gasteiger partial charge in [-0.2, -0.15) is 8.78 Å². The van der Waals surface area contributed by atoms with Crippen LogP contribution in [0.3, 0.4) is 0 Å². The normalized spacial score (nSPS) is 18.4. The molecule has 0 radical (unpaired) electrons. The molecule has 7 heteroatoms. The van der Waals surface area contributed by atoms with Crippen LogP contribution in [-0.2, 0) is 0 Å². The fourth-order valence-electron chi connectivity index (χ4n) is 2.57. The van der Waals surface area contributed by atoms with Crippen molar-refractivity contribution in [1.29, 1.82) is 0 Å². The number of benzene rings is 1. The molecule has 1 aromatic rings. The molecule has 1 aliphatic rings. The number of likely N-dealkylation sites (N-methyl/N-ethyl adjacent to an activating group) is 1. The van der Waals surface area contributed by atoms with E-state index in [9.17, 15) is 13.6 Å². The first-order chi connectivity index (χ1) is 10.5. The number of likely N-dealkylation sites (tertiary alicyclic amines) is 1. The van der Waals surface area contributed by atoms with E-state index >= 15 is 0 Å². The van der Waals surface area contributed by atoms with Gasteiger partial charge in [0.15, 0.2) is 11.5 Å². The molecule has 0 aromatic heterocycles. The molecule has 1 heterocycles. The molecule has 1 amide bonds. The maximum absolute atomic E-state index is 12.5. The van der Waals surface area contributed by atoms with E-state index in [1.807, 2.05) is 7.05 Å². The number of ether oxygens (including phenoxy) is 2. The minimum atomic E-state index is -2.94. The average molecular weight is 314 g/mol. The summed E-state index contributed by atoms with van der Waals surface area (Å²) in [5, 5.41) is 3.17. The molecule has 1 aromatic carbocycles. The van der Waals surface area contributed by atoms with Crippen LogP contribution < -0.4 is 14.8 Å². The number of carbonyl (C=O) groups is 1. The zero-order valence-corrected chi connectivity index (χ0v) is 12.6. The van der Waals surface area contributed by atoms with E-state index in [4.69, 9.17) is 4.74 Å². The Balaban J connectivity index is 2.15. The lowest BCUT2D eigenvalue weighted by Gasteiger charge is -2.32. The second kappa shape index (κ2) is 7.40. The summed E-state index contributed by atoms with van der Waals surface area (Å²) in [6.07, 6.45) is 1.96. The van der Waals surface area contributed by atoms with Crippen molar-refractivity contribution in [3.63, 3.8) is 0 Å². The van der Waals surface area contributed by atoms with Gasteiger partial charge in [-0.25, -0.2) is 0 Å². The topological polar surface area (TPSA) is 50.8 Å². The Morgan fingerprint density at radius 1 is 1.41 bits per heavy atom. The molecule has 22 heavy (non-hydrogen) atoms. The van der Waals surface area contributed by atoms with Gasteiger partial charge in [0.1, 0.15) is 0 Å². The molecular formula is C15H20F2N2O3. The lowest BCUT2D eigenvalue weighted by Crippen LogP contribution is -2.46. The standard InChI is InChI=1S/C15H20F2N2O3/c1-18-11-4-3-7-19(9-11)14(20)10-5-6-12(22-15(16)17)13(8-10)21-2/h5-6,8,11,15,18H,3-4,7,9H2,1-2H3. The summed E-state index contributed by atoms with van der Waals surface area (Å²) in [5.74, 6) is -0.101. The van der Waals surface area contributed by atoms with Gasteiger partial charge in [-0.15, -0.1) is 0 Å². The average Bonchev–Trinajstić information content (AvgIpc) is 2.54. The SMILES string of the molecule is CNC1CCCN(C(=O)c2ccc(OC(F)F)c(OC)c2)C1. The number of halogens is 2. The number of nitrogens with zero attached hydrogens (tertiary/aromatic N) is 1. The number of rotatable bonds is 5. The largest absolute Gasteiger partial charge is 0.493 e. The summed E-state index contributed by atoms with van der Waals surface area (Å²) >= 11 is 0. The first-order valence-electron chi connectivity index (χ1n) is 7.14. The van der Waals surface area contributed by atoms with Crippen molar-refractivity contribution in [2.45, 2.75) is 25.5 Å². The van der Waals surface area contributed by atoms with E-state index in [0.29, 0.717) is 18.7 Å². The molecule has 5 nitrogen and oxygen atoms in total. The molecule has 1 unspecified atom stereocenters. The number of methoxy groups -OCH3 is 1. The van der Waals surface area contributed by atoms with Gasteiger partial charge in [-0.3, -0.25) is 4.79 Å². The Morgan fingerprint density at radius 2 is 2.18 bits per heavy atom. The molecule has 2 rings (SSSR count). The van der Waals surface area contributed by atoms with Gasteiger partial charge in [0.2, 0.25) is 0 Å². The van der Waals surface area contributed by atoms with E-state index in [2.05, 4.69) is 10.1 Å². The molecule has 0 aliphatic carbocycles. The third-order valence-corrected chi connectivity index (χ3v) is 3.74. The van der Waals surface area contributed by atoms with Crippen LogP contribution in [-0.4, -0.2) is 50.7 Å². The van der Waals surface area contributed by atoms with Gasteiger partial charge >= 0.3 is 6.61 Å². The van der Waals surface area contributed by atoms with Gasteiger partial charge < -0.3 is 19.7 Å². The van der Waals surface area contributed by atoms with Crippen molar-refractivity contribution in [2.75, 3.05) is 27.2 Å². The fraction of sp³-hybridized carbons (Fsp3) is 0.533. The van der Waals surface area contributed by atoms with E-state index in [-0.39, 0.29) is 23.4 Å². The van der Waals surface area contributed by atoms with E-state index in [1.54, 1.807) is 4.90 Å². The predicted molar refractivity (Wildman–Crippen MR) is 77.6 cm³/mol. The van der Waals surface area contributed by atoms with E-state index < -0.39 is 6.61 Å². The molecular weight excluding hydrogens is 294 g/mol. The third-order valence-electron chi connectivity index (χ3n) is 3.74. The number of hydrogen-bond donors (Lipinski definition) is 1. The van der Waals surface area contributed by atoms with Crippen molar-refractivity contribution < 1.29 is 23.0 Å². The number of nitrogens with one attached hydrogen (secondary N) is 1. The first kappa shape index (κ1) is 16.5. The van der Waals surface area contributed by atoms with Crippen molar-refractivity contribution >= 4 is 5.91 Å². The predicted octanol–water partition coefficient (Wildman–Crippen LogP) is 2.12. The van der Waals surface area contributed by atoms with Crippen LogP contribution in [0.25, 0.3) is 0 Å². The summed E-state index contributed by atoms with van der Waals surface area (Å²) < 4.78 is 34.0. The lowest BCUT2D eigenvalue weighted by atomic mass is 10.0. The minimum Gasteiger partial charge on any atom is -0.493 e. The molecule has 0 saturated carbocycles. The number of amides is 1. The number of carbonyl (C=O) groups excluding carboxylic acids is 1. The van der Waals surface area contributed by atoms with Gasteiger partial charge in [0.25, 0.3) is 5.91 Å². The molecule has 1 saturated heterocycles. The molecule has 1 fully saturated rings. The summed E-state index contributed by atoms with van der Waals surface area (Å²) in [7, 11) is 3.22. The van der Waals surface area contributed by atoms with Crippen LogP contribution in [0.4, 0.5) is 8.78 Å². The van der Waals surface area contributed by atoms with Gasteiger partial charge in [-0.05, 0) is 38.1 Å². The second-order valence-corrected chi connectivity index (χ2v) is 5.12. The summed E-state index contributed by atoms with van der Waals surface area (Å²) in [5.41, 5.74) is 0.398. The summed E-state index contributed by atoms with van der Waals surface area (Å²) in [6.45, 7) is -1.62. The van der Waals surface area contributed by atoms with Crippen LogP contribution in [0.1, 0.15) is 23.2 Å². The molecule has 0 bridgehead atoms. The molecule has 1 aliphatic heterocycles. The molecule has 122 valence electrons. The van der Waals surface area contributed by atoms with Crippen molar-refractivity contribution in [3.05, 3.63) is 23.8 Å². The molecule has 1 atom stereocenters. The first-order valence-corrected chi connectivity index (χ1v) is 7.14. The van der Waals surface area contributed by atoms with Crippen molar-refractivity contribution in [3.8, 4) is 11.5 Å². The van der Waals surface area contributed by atoms with Crippen LogP contribution >= 0.6 is 0 Å². The van der Waals surface area contributed by atoms with Gasteiger partial charge in [0, 0.05) is 24.7 Å². The van der Waals surface area contributed by atoms with Gasteiger partial charge in [0.05, 0.1) is 7.11 Å². The highest BCUT2D eigenvalue weighted by Crippen LogP contribution is 2.30. The van der Waals surface area contributed by atoms with Crippen molar-refractivity contribution in [1.82, 2.24) is 10.2 Å². The summed E-state index contributed by atoms with van der Waals surface area (Å²) in [6, 6.07) is 4.52. The van der Waals surface area contributed by atoms with Crippen LogP contribution in [0, 0.1) is 0 Å². The highest BCUT2D eigenvalue weighted by Gasteiger charge is 2.24. The molecule has 1 N–H and O–H groups in total. The minimum absolute atomic E-state index is 0.0826. The number of alkyl halides is 2. The number of hydrogen-bond acceptors (Lipinski definition) is 4. The Bertz CT molecular complexity index is 526. The maximum atomic E-state index is 12.5. The maximum Gasteiger partial charge on any atom is 0.387 e. The summed E-state index contributed by atoms with van der Waals surface area (Å²) in [4.78, 5) is 14.3. The highest BCUT2D eigenvalue weighted by atomic mass is 19.3. The fourth-order valence-corrected chi connectivity index (χ4v) is 2.57. The Morgan fingerprint density at radius 3 is 2.82 bits per heavy atom. The Kier molecular flexibility index (Phi) is 5.54. The third kappa shape index (κ3) is 3.85. The van der Waals surface area contributed by atoms with Crippen LogP contribution in [0.15, 0.2) is 18.2 Å².